The topological polar surface area (TPSA) is 49.8 Å². The summed E-state index contributed by atoms with van der Waals surface area (Å²) in [6, 6.07) is 2.37. The fourth-order valence-electron chi connectivity index (χ4n) is 2.55. The standard InChI is InChI=1S/C16H21F2NO3/c1-16(2,3)22-15(21)19-6-4-10(5-7-19)11-8-12(17)14(18)13(20)9-11/h8-10,20H,4-7H2,1-3H3. The quantitative estimate of drug-likeness (QED) is 0.858. The maximum absolute atomic E-state index is 13.4. The lowest BCUT2D eigenvalue weighted by Crippen LogP contribution is -2.41. The monoisotopic (exact) mass is 313 g/mol. The van der Waals surface area contributed by atoms with Gasteiger partial charge < -0.3 is 14.7 Å². The number of phenolic OH excluding ortho intramolecular Hbond substituents is 1. The van der Waals surface area contributed by atoms with Gasteiger partial charge in [0.2, 0.25) is 0 Å². The molecule has 1 aromatic carbocycles. The lowest BCUT2D eigenvalue weighted by Gasteiger charge is -2.33. The van der Waals surface area contributed by atoms with Gasteiger partial charge in [-0.15, -0.1) is 0 Å². The van der Waals surface area contributed by atoms with E-state index in [1.54, 1.807) is 4.90 Å². The van der Waals surface area contributed by atoms with Gasteiger partial charge in [0, 0.05) is 13.1 Å². The van der Waals surface area contributed by atoms with Crippen molar-refractivity contribution in [3.8, 4) is 5.75 Å². The van der Waals surface area contributed by atoms with Gasteiger partial charge in [0.15, 0.2) is 17.4 Å². The summed E-state index contributed by atoms with van der Waals surface area (Å²) in [5.74, 6) is -2.97. The van der Waals surface area contributed by atoms with Crippen LogP contribution in [0.15, 0.2) is 12.1 Å². The Labute approximate surface area is 128 Å². The number of amides is 1. The molecule has 0 aliphatic carbocycles. The molecule has 0 saturated carbocycles. The normalized spacial score (nSPS) is 16.7. The Balaban J connectivity index is 1.99. The molecule has 4 nitrogen and oxygen atoms in total. The van der Waals surface area contributed by atoms with E-state index in [1.165, 1.54) is 6.07 Å². The van der Waals surface area contributed by atoms with Gasteiger partial charge in [-0.2, -0.15) is 4.39 Å². The predicted octanol–water partition coefficient (Wildman–Crippen LogP) is 3.78. The Morgan fingerprint density at radius 3 is 2.36 bits per heavy atom. The molecule has 1 amide bonds. The number of likely N-dealkylation sites (tertiary alicyclic amines) is 1. The third-order valence-corrected chi connectivity index (χ3v) is 3.65. The SMILES string of the molecule is CC(C)(C)OC(=O)N1CCC(c2cc(O)c(F)c(F)c2)CC1. The number of phenols is 1. The summed E-state index contributed by atoms with van der Waals surface area (Å²) < 4.78 is 31.8. The molecule has 0 radical (unpaired) electrons. The maximum Gasteiger partial charge on any atom is 0.410 e. The molecule has 0 aromatic heterocycles. The van der Waals surface area contributed by atoms with Gasteiger partial charge in [-0.25, -0.2) is 9.18 Å². The van der Waals surface area contributed by atoms with E-state index in [0.29, 0.717) is 31.5 Å². The minimum atomic E-state index is -1.23. The first-order valence-corrected chi connectivity index (χ1v) is 7.33. The van der Waals surface area contributed by atoms with Gasteiger partial charge >= 0.3 is 6.09 Å². The van der Waals surface area contributed by atoms with E-state index in [0.717, 1.165) is 6.07 Å². The average molecular weight is 313 g/mol. The zero-order valence-corrected chi connectivity index (χ0v) is 13.0. The molecular weight excluding hydrogens is 292 g/mol. The summed E-state index contributed by atoms with van der Waals surface area (Å²) in [7, 11) is 0. The Hall–Kier alpha value is -1.85. The molecular formula is C16H21F2NO3. The van der Waals surface area contributed by atoms with Crippen LogP contribution in [0.25, 0.3) is 0 Å². The molecule has 2 rings (SSSR count). The van der Waals surface area contributed by atoms with Crippen LogP contribution in [0.1, 0.15) is 45.1 Å². The molecule has 122 valence electrons. The fraction of sp³-hybridized carbons (Fsp3) is 0.562. The second kappa shape index (κ2) is 6.10. The lowest BCUT2D eigenvalue weighted by atomic mass is 9.89. The van der Waals surface area contributed by atoms with Crippen molar-refractivity contribution in [2.75, 3.05) is 13.1 Å². The molecule has 1 saturated heterocycles. The molecule has 1 fully saturated rings. The summed E-state index contributed by atoms with van der Waals surface area (Å²) in [6.07, 6.45) is 0.868. The molecule has 0 bridgehead atoms. The van der Waals surface area contributed by atoms with Gasteiger partial charge in [-0.05, 0) is 57.2 Å². The molecule has 1 N–H and O–H groups in total. The second-order valence-corrected chi connectivity index (χ2v) is 6.58. The molecule has 0 atom stereocenters. The average Bonchev–Trinajstić information content (AvgIpc) is 2.42. The highest BCUT2D eigenvalue weighted by Gasteiger charge is 2.28. The van der Waals surface area contributed by atoms with Crippen molar-refractivity contribution in [2.45, 2.75) is 45.1 Å². The Kier molecular flexibility index (Phi) is 4.58. The van der Waals surface area contributed by atoms with Crippen molar-refractivity contribution in [2.24, 2.45) is 0 Å². The summed E-state index contributed by atoms with van der Waals surface area (Å²) in [5.41, 5.74) is 0.0139. The molecule has 1 aliphatic heterocycles. The van der Waals surface area contributed by atoms with Crippen LogP contribution in [-0.4, -0.2) is 34.8 Å². The Morgan fingerprint density at radius 2 is 1.86 bits per heavy atom. The summed E-state index contributed by atoms with van der Waals surface area (Å²) >= 11 is 0. The van der Waals surface area contributed by atoms with Crippen LogP contribution in [0.2, 0.25) is 0 Å². The van der Waals surface area contributed by atoms with E-state index in [4.69, 9.17) is 4.74 Å². The number of benzene rings is 1. The first-order chi connectivity index (χ1) is 10.2. The van der Waals surface area contributed by atoms with Gasteiger partial charge in [-0.1, -0.05) is 0 Å². The fourth-order valence-corrected chi connectivity index (χ4v) is 2.55. The van der Waals surface area contributed by atoms with E-state index in [9.17, 15) is 18.7 Å². The van der Waals surface area contributed by atoms with E-state index >= 15 is 0 Å². The van der Waals surface area contributed by atoms with Crippen molar-refractivity contribution < 1.29 is 23.4 Å². The lowest BCUT2D eigenvalue weighted by molar-refractivity contribution is 0.0204. The number of nitrogens with zero attached hydrogens (tertiary/aromatic N) is 1. The number of ether oxygens (including phenoxy) is 1. The number of carbonyl (C=O) groups is 1. The van der Waals surface area contributed by atoms with Gasteiger partial charge in [-0.3, -0.25) is 0 Å². The molecule has 0 unspecified atom stereocenters. The number of hydrogen-bond donors (Lipinski definition) is 1. The molecule has 22 heavy (non-hydrogen) atoms. The highest BCUT2D eigenvalue weighted by Crippen LogP contribution is 2.32. The Morgan fingerprint density at radius 1 is 1.27 bits per heavy atom. The Bertz CT molecular complexity index is 538. The van der Waals surface area contributed by atoms with Crippen molar-refractivity contribution in [3.63, 3.8) is 0 Å². The van der Waals surface area contributed by atoms with E-state index in [1.807, 2.05) is 20.8 Å². The zero-order chi connectivity index (χ0) is 16.5. The van der Waals surface area contributed by atoms with Crippen LogP contribution in [0.5, 0.6) is 5.75 Å². The number of piperidine rings is 1. The zero-order valence-electron chi connectivity index (χ0n) is 13.0. The van der Waals surface area contributed by atoms with Crippen LogP contribution in [0, 0.1) is 11.6 Å². The van der Waals surface area contributed by atoms with E-state index < -0.39 is 23.0 Å². The molecule has 1 aliphatic rings. The highest BCUT2D eigenvalue weighted by atomic mass is 19.2. The van der Waals surface area contributed by atoms with Crippen molar-refractivity contribution >= 4 is 6.09 Å². The molecule has 1 aromatic rings. The van der Waals surface area contributed by atoms with Gasteiger partial charge in [0.1, 0.15) is 5.60 Å². The van der Waals surface area contributed by atoms with E-state index in [-0.39, 0.29) is 12.0 Å². The molecule has 1 heterocycles. The number of carbonyl (C=O) groups excluding carboxylic acids is 1. The van der Waals surface area contributed by atoms with Crippen LogP contribution >= 0.6 is 0 Å². The number of rotatable bonds is 1. The maximum atomic E-state index is 13.4. The number of halogens is 2. The first-order valence-electron chi connectivity index (χ1n) is 7.33. The first kappa shape index (κ1) is 16.5. The second-order valence-electron chi connectivity index (χ2n) is 6.58. The van der Waals surface area contributed by atoms with Crippen molar-refractivity contribution in [1.82, 2.24) is 4.90 Å². The van der Waals surface area contributed by atoms with Crippen molar-refractivity contribution in [1.29, 1.82) is 0 Å². The van der Waals surface area contributed by atoms with Crippen LogP contribution in [0.4, 0.5) is 13.6 Å². The highest BCUT2D eigenvalue weighted by molar-refractivity contribution is 5.68. The third-order valence-electron chi connectivity index (χ3n) is 3.65. The summed E-state index contributed by atoms with van der Waals surface area (Å²) in [5, 5.41) is 9.38. The van der Waals surface area contributed by atoms with Crippen LogP contribution in [0.3, 0.4) is 0 Å². The van der Waals surface area contributed by atoms with Crippen LogP contribution in [-0.2, 0) is 4.74 Å². The minimum absolute atomic E-state index is 0.0142. The molecule has 6 heteroatoms. The van der Waals surface area contributed by atoms with E-state index in [2.05, 4.69) is 0 Å². The van der Waals surface area contributed by atoms with Crippen molar-refractivity contribution in [3.05, 3.63) is 29.3 Å². The van der Waals surface area contributed by atoms with Gasteiger partial charge in [0.25, 0.3) is 0 Å². The largest absolute Gasteiger partial charge is 0.505 e. The number of aromatic hydroxyl groups is 1. The molecule has 0 spiro atoms. The summed E-state index contributed by atoms with van der Waals surface area (Å²) in [4.78, 5) is 13.6. The summed E-state index contributed by atoms with van der Waals surface area (Å²) in [6.45, 7) is 6.39. The predicted molar refractivity (Wildman–Crippen MR) is 77.8 cm³/mol. The van der Waals surface area contributed by atoms with Gasteiger partial charge in [0.05, 0.1) is 0 Å². The third kappa shape index (κ3) is 3.87. The van der Waals surface area contributed by atoms with Crippen LogP contribution < -0.4 is 0 Å². The number of hydrogen-bond acceptors (Lipinski definition) is 3. The smallest absolute Gasteiger partial charge is 0.410 e. The minimum Gasteiger partial charge on any atom is -0.505 e.